The smallest absolute Gasteiger partial charge is 0.261 e. The highest BCUT2D eigenvalue weighted by Gasteiger charge is 2.70. The summed E-state index contributed by atoms with van der Waals surface area (Å²) in [5.74, 6) is -2.14. The molecule has 6 atom stereocenters. The second kappa shape index (κ2) is 11.3. The van der Waals surface area contributed by atoms with Crippen molar-refractivity contribution in [1.82, 2.24) is 9.96 Å². The first-order valence-electron chi connectivity index (χ1n) is 15.9. The number of rotatable bonds is 8. The number of benzene rings is 4. The first-order chi connectivity index (χ1) is 22.4. The number of carbonyl (C=O) groups excluding carboxylic acids is 2. The third-order valence-electron chi connectivity index (χ3n) is 9.69. The van der Waals surface area contributed by atoms with Crippen molar-refractivity contribution in [3.8, 4) is 0 Å². The second-order valence-corrected chi connectivity index (χ2v) is 12.9. The molecule has 4 aromatic rings. The molecule has 46 heavy (non-hydrogen) atoms. The zero-order valence-corrected chi connectivity index (χ0v) is 25.8. The van der Waals surface area contributed by atoms with Crippen molar-refractivity contribution in [1.29, 1.82) is 0 Å². The molecular formula is C38H36N2O6. The maximum atomic E-state index is 13.9. The molecule has 4 aliphatic rings. The van der Waals surface area contributed by atoms with E-state index < -0.39 is 47.7 Å². The lowest BCUT2D eigenvalue weighted by atomic mass is 9.80. The number of carbonyl (C=O) groups is 2. The quantitative estimate of drug-likeness (QED) is 0.202. The van der Waals surface area contributed by atoms with Crippen LogP contribution in [0.25, 0.3) is 0 Å². The average molecular weight is 617 g/mol. The van der Waals surface area contributed by atoms with Crippen molar-refractivity contribution >= 4 is 11.8 Å². The molecule has 234 valence electrons. The van der Waals surface area contributed by atoms with E-state index in [1.807, 2.05) is 98.8 Å². The molecule has 4 heterocycles. The maximum Gasteiger partial charge on any atom is 0.261 e. The standard InChI is InChI=1S/C38H36N2O6/c1-37(2)44-32-29(24-43-38(26-17-9-4-10-18-26,27-19-11-5-12-20-27)28-21-13-6-14-22-28)40-31(34(32)45-37)30-33(46-40)36(42)39(35(30)41)23-25-15-7-3-8-16-25/h3-22,29-34H,23-24H2,1-2H3/t29-,30-,31+,32-,33+,34+/m1/s1. The number of hydrogen-bond acceptors (Lipinski definition) is 7. The van der Waals surface area contributed by atoms with E-state index in [1.54, 1.807) is 5.06 Å². The van der Waals surface area contributed by atoms with E-state index in [0.717, 1.165) is 22.3 Å². The Morgan fingerprint density at radius 2 is 1.20 bits per heavy atom. The molecule has 8 heteroatoms. The fourth-order valence-corrected chi connectivity index (χ4v) is 7.76. The van der Waals surface area contributed by atoms with Gasteiger partial charge in [0.05, 0.1) is 31.2 Å². The Bertz CT molecular complexity index is 1620. The van der Waals surface area contributed by atoms with Crippen LogP contribution < -0.4 is 0 Å². The summed E-state index contributed by atoms with van der Waals surface area (Å²) < 4.78 is 20.2. The van der Waals surface area contributed by atoms with E-state index in [2.05, 4.69) is 36.4 Å². The summed E-state index contributed by atoms with van der Waals surface area (Å²) in [6, 6.07) is 39.1. The third kappa shape index (κ3) is 4.63. The van der Waals surface area contributed by atoms with Crippen LogP contribution in [0.15, 0.2) is 121 Å². The largest absolute Gasteiger partial charge is 0.359 e. The van der Waals surface area contributed by atoms with Crippen LogP contribution in [0, 0.1) is 5.92 Å². The molecule has 8 rings (SSSR count). The predicted octanol–water partition coefficient (Wildman–Crippen LogP) is 5.07. The van der Waals surface area contributed by atoms with Gasteiger partial charge in [-0.3, -0.25) is 19.3 Å². The average Bonchev–Trinajstić information content (AvgIpc) is 3.76. The normalized spacial score (nSPS) is 28.3. The van der Waals surface area contributed by atoms with Crippen LogP contribution in [-0.4, -0.2) is 64.6 Å². The molecule has 0 aromatic heterocycles. The van der Waals surface area contributed by atoms with E-state index in [9.17, 15) is 9.59 Å². The lowest BCUT2D eigenvalue weighted by Gasteiger charge is -2.38. The molecule has 0 saturated carbocycles. The molecule has 4 fully saturated rings. The van der Waals surface area contributed by atoms with Gasteiger partial charge in [0.2, 0.25) is 5.91 Å². The van der Waals surface area contributed by atoms with Crippen molar-refractivity contribution < 1.29 is 28.6 Å². The molecular weight excluding hydrogens is 580 g/mol. The SMILES string of the molecule is CC1(C)O[C@@H]2[C@H](O1)[C@@H](COC(c1ccccc1)(c1ccccc1)c1ccccc1)N1O[C@@H]3C(=O)N(Cc4ccccc4)C(=O)[C@@H]3[C@@H]21. The Labute approximate surface area is 268 Å². The Kier molecular flexibility index (Phi) is 7.16. The summed E-state index contributed by atoms with van der Waals surface area (Å²) in [7, 11) is 0. The van der Waals surface area contributed by atoms with Gasteiger partial charge in [0, 0.05) is 0 Å². The van der Waals surface area contributed by atoms with Crippen LogP contribution in [-0.2, 0) is 40.8 Å². The summed E-state index contributed by atoms with van der Waals surface area (Å²) >= 11 is 0. The topological polar surface area (TPSA) is 77.5 Å². The highest BCUT2D eigenvalue weighted by Crippen LogP contribution is 2.51. The minimum absolute atomic E-state index is 0.186. The molecule has 4 aromatic carbocycles. The summed E-state index contributed by atoms with van der Waals surface area (Å²) in [4.78, 5) is 35.4. The maximum absolute atomic E-state index is 13.9. The van der Waals surface area contributed by atoms with E-state index in [0.29, 0.717) is 0 Å². The van der Waals surface area contributed by atoms with Gasteiger partial charge in [-0.1, -0.05) is 121 Å². The van der Waals surface area contributed by atoms with Gasteiger partial charge in [-0.2, -0.15) is 5.06 Å². The van der Waals surface area contributed by atoms with Gasteiger partial charge in [0.15, 0.2) is 11.9 Å². The lowest BCUT2D eigenvalue weighted by molar-refractivity contribution is -0.234. The number of hydrogen-bond donors (Lipinski definition) is 0. The highest BCUT2D eigenvalue weighted by molar-refractivity contribution is 6.07. The van der Waals surface area contributed by atoms with Crippen molar-refractivity contribution in [3.63, 3.8) is 0 Å². The van der Waals surface area contributed by atoms with Crippen molar-refractivity contribution in [2.45, 2.75) is 62.2 Å². The van der Waals surface area contributed by atoms with Crippen LogP contribution in [0.3, 0.4) is 0 Å². The molecule has 4 saturated heterocycles. The minimum atomic E-state index is -0.958. The van der Waals surface area contributed by atoms with Crippen molar-refractivity contribution in [2.24, 2.45) is 5.92 Å². The zero-order valence-electron chi connectivity index (χ0n) is 25.8. The number of fused-ring (bicyclic) bond motifs is 5. The predicted molar refractivity (Wildman–Crippen MR) is 169 cm³/mol. The van der Waals surface area contributed by atoms with Crippen LogP contribution in [0.1, 0.15) is 36.1 Å². The zero-order chi connectivity index (χ0) is 31.5. The Hall–Kier alpha value is -4.18. The number of amides is 2. The highest BCUT2D eigenvalue weighted by atomic mass is 16.8. The molecule has 0 spiro atoms. The number of hydroxylamine groups is 2. The van der Waals surface area contributed by atoms with Crippen molar-refractivity contribution in [3.05, 3.63) is 144 Å². The molecule has 4 aliphatic heterocycles. The fraction of sp³-hybridized carbons (Fsp3) is 0.316. The summed E-state index contributed by atoms with van der Waals surface area (Å²) in [5.41, 5.74) is 2.85. The Balaban J connectivity index is 1.15. The van der Waals surface area contributed by atoms with Crippen molar-refractivity contribution in [2.75, 3.05) is 6.61 Å². The van der Waals surface area contributed by atoms with Gasteiger partial charge < -0.3 is 14.2 Å². The molecule has 8 nitrogen and oxygen atoms in total. The summed E-state index contributed by atoms with van der Waals surface area (Å²) in [6.45, 7) is 4.16. The lowest BCUT2D eigenvalue weighted by Crippen LogP contribution is -2.47. The monoisotopic (exact) mass is 616 g/mol. The van der Waals surface area contributed by atoms with Crippen LogP contribution >= 0.6 is 0 Å². The Morgan fingerprint density at radius 1 is 0.696 bits per heavy atom. The van der Waals surface area contributed by atoms with E-state index in [4.69, 9.17) is 19.0 Å². The van der Waals surface area contributed by atoms with Gasteiger partial charge in [0.1, 0.15) is 17.8 Å². The van der Waals surface area contributed by atoms with Gasteiger partial charge in [-0.05, 0) is 36.1 Å². The fourth-order valence-electron chi connectivity index (χ4n) is 7.76. The first kappa shape index (κ1) is 29.2. The first-order valence-corrected chi connectivity index (χ1v) is 15.9. The number of likely N-dealkylation sites (tertiary alicyclic amines) is 1. The number of imide groups is 1. The van der Waals surface area contributed by atoms with Crippen LogP contribution in [0.2, 0.25) is 0 Å². The second-order valence-electron chi connectivity index (χ2n) is 12.9. The van der Waals surface area contributed by atoms with Gasteiger partial charge in [0.25, 0.3) is 5.91 Å². The molecule has 0 bridgehead atoms. The molecule has 0 radical (unpaired) electrons. The van der Waals surface area contributed by atoms with Gasteiger partial charge in [-0.25, -0.2) is 0 Å². The van der Waals surface area contributed by atoms with E-state index in [1.165, 1.54) is 4.90 Å². The summed E-state index contributed by atoms with van der Waals surface area (Å²) in [5, 5.41) is 1.78. The van der Waals surface area contributed by atoms with E-state index >= 15 is 0 Å². The number of nitrogens with zero attached hydrogens (tertiary/aromatic N) is 2. The minimum Gasteiger partial charge on any atom is -0.359 e. The Morgan fingerprint density at radius 3 is 1.74 bits per heavy atom. The molecule has 0 aliphatic carbocycles. The van der Waals surface area contributed by atoms with Gasteiger partial charge >= 0.3 is 0 Å². The molecule has 0 unspecified atom stereocenters. The molecule has 0 N–H and O–H groups in total. The number of ether oxygens (including phenoxy) is 3. The van der Waals surface area contributed by atoms with Crippen LogP contribution in [0.5, 0.6) is 0 Å². The van der Waals surface area contributed by atoms with Crippen LogP contribution in [0.4, 0.5) is 0 Å². The summed E-state index contributed by atoms with van der Waals surface area (Å²) in [6.07, 6.45) is -1.84. The third-order valence-corrected chi connectivity index (χ3v) is 9.69. The van der Waals surface area contributed by atoms with Gasteiger partial charge in [-0.15, -0.1) is 0 Å². The molecule has 2 amide bonds. The van der Waals surface area contributed by atoms with E-state index in [-0.39, 0.29) is 25.0 Å².